The van der Waals surface area contributed by atoms with Crippen LogP contribution in [-0.4, -0.2) is 13.0 Å². The summed E-state index contributed by atoms with van der Waals surface area (Å²) in [5.74, 6) is 0.552. The van der Waals surface area contributed by atoms with Gasteiger partial charge >= 0.3 is 0 Å². The lowest BCUT2D eigenvalue weighted by Gasteiger charge is -2.09. The maximum Gasteiger partial charge on any atom is 0.220 e. The predicted octanol–water partition coefficient (Wildman–Crippen LogP) is 4.66. The number of para-hydroxylation sites is 1. The summed E-state index contributed by atoms with van der Waals surface area (Å²) in [4.78, 5) is 12.1. The van der Waals surface area contributed by atoms with Crippen molar-refractivity contribution in [3.63, 3.8) is 0 Å². The third-order valence-corrected chi connectivity index (χ3v) is 4.52. The van der Waals surface area contributed by atoms with Gasteiger partial charge in [0.2, 0.25) is 5.91 Å². The van der Waals surface area contributed by atoms with Crippen LogP contribution in [0.1, 0.15) is 23.1 Å². The lowest BCUT2D eigenvalue weighted by atomic mass is 10.1. The number of nitrogens with one attached hydrogen (secondary N) is 1. The zero-order valence-electron chi connectivity index (χ0n) is 16.4. The highest BCUT2D eigenvalue weighted by atomic mass is 19.1. The molecular weight excluding hydrogens is 369 g/mol. The Balaban J connectivity index is 1.41. The van der Waals surface area contributed by atoms with Crippen molar-refractivity contribution in [3.05, 3.63) is 95.3 Å². The Hall–Kier alpha value is -3.34. The van der Waals surface area contributed by atoms with Crippen LogP contribution in [0.4, 0.5) is 4.39 Å². The minimum absolute atomic E-state index is 0.0716. The van der Waals surface area contributed by atoms with Gasteiger partial charge in [-0.3, -0.25) is 4.79 Å². The molecule has 0 bridgehead atoms. The zero-order chi connectivity index (χ0) is 20.5. The fourth-order valence-corrected chi connectivity index (χ4v) is 2.85. The first-order chi connectivity index (χ1) is 14.1. The first kappa shape index (κ1) is 20.4. The molecule has 1 amide bonds. The number of benzene rings is 3. The van der Waals surface area contributed by atoms with Gasteiger partial charge in [-0.15, -0.1) is 0 Å². The molecule has 0 aliphatic rings. The Bertz CT molecular complexity index is 927. The van der Waals surface area contributed by atoms with E-state index in [-0.39, 0.29) is 11.7 Å². The highest BCUT2D eigenvalue weighted by molar-refractivity contribution is 5.76. The lowest BCUT2D eigenvalue weighted by molar-refractivity contribution is -0.121. The van der Waals surface area contributed by atoms with Crippen LogP contribution in [0.25, 0.3) is 0 Å². The molecule has 3 aromatic carbocycles. The van der Waals surface area contributed by atoms with Crippen molar-refractivity contribution in [1.29, 1.82) is 0 Å². The van der Waals surface area contributed by atoms with E-state index < -0.39 is 5.82 Å². The van der Waals surface area contributed by atoms with Gasteiger partial charge in [-0.05, 0) is 47.4 Å². The summed E-state index contributed by atoms with van der Waals surface area (Å²) in [6, 6.07) is 22.3. The van der Waals surface area contributed by atoms with Crippen LogP contribution in [0.5, 0.6) is 11.5 Å². The number of ether oxygens (including phenoxy) is 2. The molecule has 0 aliphatic heterocycles. The number of hydrogen-bond acceptors (Lipinski definition) is 3. The summed E-state index contributed by atoms with van der Waals surface area (Å²) in [7, 11) is 1.42. The Labute approximate surface area is 170 Å². The Morgan fingerprint density at radius 1 is 0.931 bits per heavy atom. The van der Waals surface area contributed by atoms with Crippen LogP contribution < -0.4 is 14.8 Å². The van der Waals surface area contributed by atoms with Crippen molar-refractivity contribution in [3.8, 4) is 11.5 Å². The van der Waals surface area contributed by atoms with Crippen LogP contribution in [-0.2, 0) is 24.4 Å². The molecule has 1 N–H and O–H groups in total. The highest BCUT2D eigenvalue weighted by Gasteiger charge is 2.06. The van der Waals surface area contributed by atoms with Crippen molar-refractivity contribution in [2.24, 2.45) is 0 Å². The van der Waals surface area contributed by atoms with Crippen LogP contribution in [0, 0.1) is 5.82 Å². The maximum absolute atomic E-state index is 13.7. The molecule has 29 heavy (non-hydrogen) atoms. The number of carbonyl (C=O) groups is 1. The average Bonchev–Trinajstić information content (AvgIpc) is 2.76. The maximum atomic E-state index is 13.7. The molecule has 150 valence electrons. The third kappa shape index (κ3) is 6.35. The largest absolute Gasteiger partial charge is 0.494 e. The topological polar surface area (TPSA) is 47.6 Å². The smallest absolute Gasteiger partial charge is 0.220 e. The van der Waals surface area contributed by atoms with Gasteiger partial charge < -0.3 is 14.8 Å². The van der Waals surface area contributed by atoms with Crippen molar-refractivity contribution in [2.45, 2.75) is 26.0 Å². The molecule has 3 rings (SSSR count). The second kappa shape index (κ2) is 10.3. The van der Waals surface area contributed by atoms with Gasteiger partial charge in [-0.1, -0.05) is 48.5 Å². The number of halogens is 1. The summed E-state index contributed by atoms with van der Waals surface area (Å²) in [6.45, 7) is 0.949. The molecule has 0 fully saturated rings. The minimum atomic E-state index is -0.415. The number of carbonyl (C=O) groups excluding carboxylic acids is 1. The highest BCUT2D eigenvalue weighted by Crippen LogP contribution is 2.18. The van der Waals surface area contributed by atoms with E-state index >= 15 is 0 Å². The monoisotopic (exact) mass is 393 g/mol. The molecule has 0 saturated carbocycles. The van der Waals surface area contributed by atoms with E-state index in [1.807, 2.05) is 54.6 Å². The normalized spacial score (nSPS) is 10.4. The van der Waals surface area contributed by atoms with Crippen molar-refractivity contribution in [1.82, 2.24) is 5.32 Å². The minimum Gasteiger partial charge on any atom is -0.494 e. The lowest BCUT2D eigenvalue weighted by Crippen LogP contribution is -2.23. The average molecular weight is 393 g/mol. The molecule has 0 radical (unpaired) electrons. The fraction of sp³-hybridized carbons (Fsp3) is 0.208. The summed E-state index contributed by atoms with van der Waals surface area (Å²) in [5, 5.41) is 2.90. The summed E-state index contributed by atoms with van der Waals surface area (Å²) in [6.07, 6.45) is 0.775. The molecule has 0 saturated heterocycles. The Kier molecular flexibility index (Phi) is 7.22. The van der Waals surface area contributed by atoms with E-state index in [4.69, 9.17) is 9.47 Å². The first-order valence-electron chi connectivity index (χ1n) is 9.49. The van der Waals surface area contributed by atoms with Crippen LogP contribution in [0.15, 0.2) is 72.8 Å². The zero-order valence-corrected chi connectivity index (χ0v) is 16.4. The molecule has 0 atom stereocenters. The number of hydrogen-bond donors (Lipinski definition) is 1. The molecule has 0 aromatic heterocycles. The van der Waals surface area contributed by atoms with E-state index in [9.17, 15) is 9.18 Å². The van der Waals surface area contributed by atoms with Gasteiger partial charge in [-0.2, -0.15) is 0 Å². The van der Waals surface area contributed by atoms with E-state index in [0.717, 1.165) is 22.4 Å². The van der Waals surface area contributed by atoms with Gasteiger partial charge in [0, 0.05) is 13.0 Å². The Morgan fingerprint density at radius 2 is 1.62 bits per heavy atom. The predicted molar refractivity (Wildman–Crippen MR) is 110 cm³/mol. The van der Waals surface area contributed by atoms with Crippen LogP contribution in [0.3, 0.4) is 0 Å². The molecule has 5 heteroatoms. The van der Waals surface area contributed by atoms with Crippen molar-refractivity contribution < 1.29 is 18.7 Å². The second-order valence-electron chi connectivity index (χ2n) is 6.66. The number of aryl methyl sites for hydroxylation is 1. The standard InChI is InChI=1S/C24H24FNO3/c1-28-23-13-11-18(15-22(23)25)12-14-24(27)26-16-19-7-9-20(10-8-19)17-29-21-5-3-2-4-6-21/h2-11,13,15H,12,14,16-17H2,1H3,(H,26,27). The molecule has 0 unspecified atom stereocenters. The Morgan fingerprint density at radius 3 is 2.31 bits per heavy atom. The molecule has 4 nitrogen and oxygen atoms in total. The van der Waals surface area contributed by atoms with Crippen molar-refractivity contribution >= 4 is 5.91 Å². The molecule has 0 heterocycles. The number of amides is 1. The SMILES string of the molecule is COc1ccc(CCC(=O)NCc2ccc(COc3ccccc3)cc2)cc1F. The quantitative estimate of drug-likeness (QED) is 0.575. The van der Waals surface area contributed by atoms with Gasteiger partial charge in [0.25, 0.3) is 0 Å². The second-order valence-corrected chi connectivity index (χ2v) is 6.66. The van der Waals surface area contributed by atoms with E-state index in [1.54, 1.807) is 12.1 Å². The number of methoxy groups -OCH3 is 1. The molecule has 0 aliphatic carbocycles. The van der Waals surface area contributed by atoms with Gasteiger partial charge in [0.1, 0.15) is 12.4 Å². The van der Waals surface area contributed by atoms with Crippen LogP contribution in [0.2, 0.25) is 0 Å². The van der Waals surface area contributed by atoms with Gasteiger partial charge in [0.05, 0.1) is 7.11 Å². The summed E-state index contributed by atoms with van der Waals surface area (Å²) < 4.78 is 24.3. The van der Waals surface area contributed by atoms with Crippen molar-refractivity contribution in [2.75, 3.05) is 7.11 Å². The van der Waals surface area contributed by atoms with Gasteiger partial charge in [0.15, 0.2) is 11.6 Å². The van der Waals surface area contributed by atoms with E-state index in [1.165, 1.54) is 13.2 Å². The summed E-state index contributed by atoms with van der Waals surface area (Å²) in [5.41, 5.74) is 2.84. The van der Waals surface area contributed by atoms with E-state index in [2.05, 4.69) is 5.32 Å². The van der Waals surface area contributed by atoms with Crippen LogP contribution >= 0.6 is 0 Å². The first-order valence-corrected chi connectivity index (χ1v) is 9.49. The molecule has 3 aromatic rings. The van der Waals surface area contributed by atoms with E-state index in [0.29, 0.717) is 26.0 Å². The third-order valence-electron chi connectivity index (χ3n) is 4.52. The van der Waals surface area contributed by atoms with Gasteiger partial charge in [-0.25, -0.2) is 4.39 Å². The fourth-order valence-electron chi connectivity index (χ4n) is 2.85. The molecule has 0 spiro atoms. The molecular formula is C24H24FNO3. The number of rotatable bonds is 9. The summed E-state index contributed by atoms with van der Waals surface area (Å²) >= 11 is 0.